The summed E-state index contributed by atoms with van der Waals surface area (Å²) in [4.78, 5) is 23.4. The lowest BCUT2D eigenvalue weighted by Crippen LogP contribution is -2.18. The summed E-state index contributed by atoms with van der Waals surface area (Å²) in [6.45, 7) is 2.19. The van der Waals surface area contributed by atoms with Crippen LogP contribution in [-0.4, -0.2) is 25.2 Å². The van der Waals surface area contributed by atoms with Crippen LogP contribution in [0.3, 0.4) is 0 Å². The summed E-state index contributed by atoms with van der Waals surface area (Å²) in [6.07, 6.45) is 13.8. The maximum Gasteiger partial charge on any atom is 0.338 e. The van der Waals surface area contributed by atoms with Crippen molar-refractivity contribution in [3.05, 3.63) is 35.9 Å². The Hall–Kier alpha value is -1.84. The number of rotatable bonds is 16. The van der Waals surface area contributed by atoms with Crippen molar-refractivity contribution >= 4 is 11.9 Å². The van der Waals surface area contributed by atoms with E-state index in [1.807, 2.05) is 30.3 Å². The van der Waals surface area contributed by atoms with Crippen molar-refractivity contribution in [1.29, 1.82) is 0 Å². The molecule has 0 aromatic heterocycles. The van der Waals surface area contributed by atoms with Gasteiger partial charge in [-0.05, 0) is 44.2 Å². The van der Waals surface area contributed by atoms with Crippen LogP contribution in [0.15, 0.2) is 30.3 Å². The van der Waals surface area contributed by atoms with Gasteiger partial charge in [0.25, 0.3) is 0 Å². The molecule has 158 valence electrons. The fourth-order valence-corrected chi connectivity index (χ4v) is 3.31. The van der Waals surface area contributed by atoms with Crippen molar-refractivity contribution in [2.24, 2.45) is 0 Å². The molecule has 0 aliphatic carbocycles. The lowest BCUT2D eigenvalue weighted by Gasteiger charge is -2.18. The molecular weight excluding hydrogens is 352 g/mol. The third-order valence-corrected chi connectivity index (χ3v) is 5.05. The Bertz CT molecular complexity index is 527. The topological polar surface area (TPSA) is 52.6 Å². The predicted molar refractivity (Wildman–Crippen MR) is 113 cm³/mol. The molecule has 1 rings (SSSR count). The Balaban J connectivity index is 2.20. The molecule has 0 saturated carbocycles. The summed E-state index contributed by atoms with van der Waals surface area (Å²) in [7, 11) is 1.44. The highest BCUT2D eigenvalue weighted by molar-refractivity contribution is 5.89. The fraction of sp³-hybridized carbons (Fsp3) is 0.667. The Morgan fingerprint density at radius 3 is 2.00 bits per heavy atom. The van der Waals surface area contributed by atoms with Crippen molar-refractivity contribution in [2.75, 3.05) is 7.11 Å². The minimum atomic E-state index is -0.201. The number of hydrogen-bond acceptors (Lipinski definition) is 4. The molecule has 1 atom stereocenters. The Kier molecular flexibility index (Phi) is 14.0. The smallest absolute Gasteiger partial charge is 0.338 e. The summed E-state index contributed by atoms with van der Waals surface area (Å²) >= 11 is 0. The van der Waals surface area contributed by atoms with E-state index in [0.717, 1.165) is 38.5 Å². The molecule has 0 unspecified atom stereocenters. The first-order valence-electron chi connectivity index (χ1n) is 11.0. The van der Waals surface area contributed by atoms with Crippen LogP contribution in [0.5, 0.6) is 0 Å². The molecule has 4 nitrogen and oxygen atoms in total. The SMILES string of the molecule is CCCCC[C@@H](CCCCCCCCCC(=O)OC)OC(=O)c1ccccc1. The third-order valence-electron chi connectivity index (χ3n) is 5.05. The number of benzene rings is 1. The Morgan fingerprint density at radius 2 is 1.39 bits per heavy atom. The van der Waals surface area contributed by atoms with Crippen molar-refractivity contribution in [3.8, 4) is 0 Å². The molecule has 0 aliphatic heterocycles. The predicted octanol–water partition coefficient (Wildman–Crippen LogP) is 6.48. The second-order valence-corrected chi connectivity index (χ2v) is 7.48. The van der Waals surface area contributed by atoms with Crippen molar-refractivity contribution < 1.29 is 19.1 Å². The zero-order chi connectivity index (χ0) is 20.5. The number of hydrogen-bond donors (Lipinski definition) is 0. The fourth-order valence-electron chi connectivity index (χ4n) is 3.31. The molecule has 0 spiro atoms. The van der Waals surface area contributed by atoms with E-state index >= 15 is 0 Å². The number of carbonyl (C=O) groups excluding carboxylic acids is 2. The van der Waals surface area contributed by atoms with E-state index in [0.29, 0.717) is 12.0 Å². The molecule has 0 radical (unpaired) electrons. The zero-order valence-corrected chi connectivity index (χ0v) is 17.8. The van der Waals surface area contributed by atoms with Crippen LogP contribution >= 0.6 is 0 Å². The van der Waals surface area contributed by atoms with Gasteiger partial charge in [-0.3, -0.25) is 4.79 Å². The van der Waals surface area contributed by atoms with E-state index in [9.17, 15) is 9.59 Å². The van der Waals surface area contributed by atoms with Crippen LogP contribution in [-0.2, 0) is 14.3 Å². The molecule has 0 aliphatic rings. The van der Waals surface area contributed by atoms with Crippen LogP contribution in [0, 0.1) is 0 Å². The molecule has 4 heteroatoms. The summed E-state index contributed by atoms with van der Waals surface area (Å²) in [6, 6.07) is 9.27. The zero-order valence-electron chi connectivity index (χ0n) is 17.8. The molecule has 0 saturated heterocycles. The first kappa shape index (κ1) is 24.2. The molecule has 1 aromatic rings. The van der Waals surface area contributed by atoms with E-state index in [2.05, 4.69) is 11.7 Å². The van der Waals surface area contributed by atoms with Crippen molar-refractivity contribution in [2.45, 2.75) is 96.5 Å². The number of unbranched alkanes of at least 4 members (excludes halogenated alkanes) is 8. The van der Waals surface area contributed by atoms with E-state index in [1.165, 1.54) is 45.6 Å². The summed E-state index contributed by atoms with van der Waals surface area (Å²) in [5.74, 6) is -0.313. The molecule has 0 N–H and O–H groups in total. The second kappa shape index (κ2) is 16.1. The number of methoxy groups -OCH3 is 1. The van der Waals surface area contributed by atoms with Gasteiger partial charge in [0, 0.05) is 6.42 Å². The van der Waals surface area contributed by atoms with E-state index in [4.69, 9.17) is 4.74 Å². The summed E-state index contributed by atoms with van der Waals surface area (Å²) in [5, 5.41) is 0. The molecule has 0 bridgehead atoms. The average molecular weight is 391 g/mol. The highest BCUT2D eigenvalue weighted by Gasteiger charge is 2.15. The quantitative estimate of drug-likeness (QED) is 0.239. The van der Waals surface area contributed by atoms with E-state index in [1.54, 1.807) is 0 Å². The average Bonchev–Trinajstić information content (AvgIpc) is 2.72. The Morgan fingerprint density at radius 1 is 0.821 bits per heavy atom. The number of ether oxygens (including phenoxy) is 2. The third kappa shape index (κ3) is 11.8. The van der Waals surface area contributed by atoms with Gasteiger partial charge in [0.15, 0.2) is 0 Å². The largest absolute Gasteiger partial charge is 0.469 e. The lowest BCUT2D eigenvalue weighted by atomic mass is 10.0. The highest BCUT2D eigenvalue weighted by Crippen LogP contribution is 2.17. The van der Waals surface area contributed by atoms with Gasteiger partial charge in [0.1, 0.15) is 6.10 Å². The van der Waals surface area contributed by atoms with Gasteiger partial charge in [-0.2, -0.15) is 0 Å². The standard InChI is InChI=1S/C24H38O4/c1-3-4-11-18-22(28-24(26)21-16-12-10-13-17-21)19-14-8-6-5-7-9-15-20-23(25)27-2/h10,12-13,16-17,22H,3-9,11,14-15,18-20H2,1-2H3/t22-/m0/s1. The van der Waals surface area contributed by atoms with Gasteiger partial charge in [0.05, 0.1) is 12.7 Å². The van der Waals surface area contributed by atoms with Crippen LogP contribution in [0.25, 0.3) is 0 Å². The Labute approximate surface area is 171 Å². The van der Waals surface area contributed by atoms with Crippen LogP contribution in [0.1, 0.15) is 101 Å². The van der Waals surface area contributed by atoms with Gasteiger partial charge in [-0.25, -0.2) is 4.79 Å². The second-order valence-electron chi connectivity index (χ2n) is 7.48. The van der Waals surface area contributed by atoms with Crippen molar-refractivity contribution in [1.82, 2.24) is 0 Å². The number of carbonyl (C=O) groups is 2. The molecular formula is C24H38O4. The van der Waals surface area contributed by atoms with Gasteiger partial charge in [0.2, 0.25) is 0 Å². The minimum absolute atomic E-state index is 0.0271. The summed E-state index contributed by atoms with van der Waals surface area (Å²) < 4.78 is 10.4. The maximum atomic E-state index is 12.3. The van der Waals surface area contributed by atoms with Crippen LogP contribution in [0.4, 0.5) is 0 Å². The molecule has 0 fully saturated rings. The molecule has 28 heavy (non-hydrogen) atoms. The molecule has 0 amide bonds. The maximum absolute atomic E-state index is 12.3. The highest BCUT2D eigenvalue weighted by atomic mass is 16.5. The first-order chi connectivity index (χ1) is 13.7. The van der Waals surface area contributed by atoms with Gasteiger partial charge in [-0.15, -0.1) is 0 Å². The summed E-state index contributed by atoms with van der Waals surface area (Å²) in [5.41, 5.74) is 0.634. The molecule has 0 heterocycles. The van der Waals surface area contributed by atoms with Crippen LogP contribution in [0.2, 0.25) is 0 Å². The van der Waals surface area contributed by atoms with Gasteiger partial charge >= 0.3 is 11.9 Å². The molecule has 1 aromatic carbocycles. The minimum Gasteiger partial charge on any atom is -0.469 e. The monoisotopic (exact) mass is 390 g/mol. The van der Waals surface area contributed by atoms with Crippen LogP contribution < -0.4 is 0 Å². The van der Waals surface area contributed by atoms with Gasteiger partial charge in [-0.1, -0.05) is 70.1 Å². The van der Waals surface area contributed by atoms with Gasteiger partial charge < -0.3 is 9.47 Å². The van der Waals surface area contributed by atoms with E-state index < -0.39 is 0 Å². The van der Waals surface area contributed by atoms with E-state index in [-0.39, 0.29) is 18.0 Å². The first-order valence-corrected chi connectivity index (χ1v) is 11.0. The lowest BCUT2D eigenvalue weighted by molar-refractivity contribution is -0.140. The normalized spacial score (nSPS) is 11.8. The van der Waals surface area contributed by atoms with Crippen molar-refractivity contribution in [3.63, 3.8) is 0 Å². The number of esters is 2.